The van der Waals surface area contributed by atoms with Crippen LogP contribution in [0.1, 0.15) is 25.3 Å². The van der Waals surface area contributed by atoms with Crippen molar-refractivity contribution in [3.63, 3.8) is 0 Å². The van der Waals surface area contributed by atoms with Crippen molar-refractivity contribution in [1.29, 1.82) is 0 Å². The number of carbonyl (C=O) groups is 3. The summed E-state index contributed by atoms with van der Waals surface area (Å²) in [5.74, 6) is -2.82. The first-order valence-electron chi connectivity index (χ1n) is 14.7. The molecule has 2 aromatic carbocycles. The molecule has 3 unspecified atom stereocenters. The minimum Gasteiger partial charge on any atom is -0.480 e. The zero-order valence-corrected chi connectivity index (χ0v) is 27.7. The van der Waals surface area contributed by atoms with Gasteiger partial charge >= 0.3 is 5.97 Å². The lowest BCUT2D eigenvalue weighted by atomic mass is 9.91. The van der Waals surface area contributed by atoms with E-state index in [1.807, 2.05) is 24.3 Å². The van der Waals surface area contributed by atoms with Crippen LogP contribution in [0.3, 0.4) is 0 Å². The van der Waals surface area contributed by atoms with E-state index < -0.39 is 52.0 Å². The Balaban J connectivity index is 1.42. The van der Waals surface area contributed by atoms with Crippen LogP contribution in [0.4, 0.5) is 11.6 Å². The Kier molecular flexibility index (Phi) is 9.00. The van der Waals surface area contributed by atoms with E-state index >= 15 is 0 Å². The van der Waals surface area contributed by atoms with Crippen molar-refractivity contribution in [2.45, 2.75) is 48.8 Å². The van der Waals surface area contributed by atoms with E-state index in [1.54, 1.807) is 19.3 Å². The number of sulfonamides is 1. The smallest absolute Gasteiger partial charge is 0.328 e. The monoisotopic (exact) mass is 713 g/mol. The third kappa shape index (κ3) is 5.92. The Bertz CT molecular complexity index is 1990. The molecule has 1 fully saturated rings. The van der Waals surface area contributed by atoms with Crippen molar-refractivity contribution in [3.05, 3.63) is 83.0 Å². The van der Waals surface area contributed by atoms with Gasteiger partial charge in [-0.05, 0) is 49.1 Å². The summed E-state index contributed by atoms with van der Waals surface area (Å²) in [5, 5.41) is 21.1. The maximum Gasteiger partial charge on any atom is 0.328 e. The number of nitrogens with one attached hydrogen (secondary N) is 1. The molecule has 0 radical (unpaired) electrons. The molecule has 0 bridgehead atoms. The van der Waals surface area contributed by atoms with Gasteiger partial charge in [0.2, 0.25) is 11.9 Å². The normalized spacial score (nSPS) is 20.1. The molecule has 2 aliphatic heterocycles. The minimum atomic E-state index is -4.51. The summed E-state index contributed by atoms with van der Waals surface area (Å²) >= 11 is 12.6. The molecule has 250 valence electrons. The second-order valence-electron chi connectivity index (χ2n) is 11.6. The number of fused-ring (bicyclic) bond motifs is 1. The first-order valence-corrected chi connectivity index (χ1v) is 16.9. The summed E-state index contributed by atoms with van der Waals surface area (Å²) in [6.45, 7) is 0.693. The fourth-order valence-corrected chi connectivity index (χ4v) is 8.50. The number of aliphatic hydroxyl groups excluding tert-OH is 1. The Hall–Kier alpha value is -4.41. The number of benzene rings is 2. The maximum absolute atomic E-state index is 14.5. The molecule has 1 saturated heterocycles. The van der Waals surface area contributed by atoms with E-state index in [2.05, 4.69) is 20.3 Å². The van der Waals surface area contributed by atoms with Crippen molar-refractivity contribution in [2.24, 2.45) is 0 Å². The molecule has 14 nitrogen and oxygen atoms in total. The van der Waals surface area contributed by atoms with Gasteiger partial charge in [0.15, 0.2) is 5.03 Å². The van der Waals surface area contributed by atoms with Crippen LogP contribution in [0, 0.1) is 0 Å². The third-order valence-corrected chi connectivity index (χ3v) is 10.8. The third-order valence-electron chi connectivity index (χ3n) is 8.45. The number of carbonyl (C=O) groups excluding carboxylic acids is 2. The molecule has 4 heterocycles. The lowest BCUT2D eigenvalue weighted by Gasteiger charge is -2.29. The number of anilines is 2. The minimum absolute atomic E-state index is 0.00360. The SMILES string of the molecule is CC1(Cc2ccc(-c3cncnc3)cc2)C(=O)N(c2cc(Cl)cc(Cl)c2)c2ncc(S(=O)(=O)N3CCCC3C(=O)NC(CO)C(=O)O)n21. The Morgan fingerprint density at radius 2 is 1.73 bits per heavy atom. The van der Waals surface area contributed by atoms with Crippen molar-refractivity contribution in [1.82, 2.24) is 29.1 Å². The van der Waals surface area contributed by atoms with E-state index in [4.69, 9.17) is 23.2 Å². The van der Waals surface area contributed by atoms with Crippen molar-refractivity contribution in [3.8, 4) is 11.1 Å². The highest BCUT2D eigenvalue weighted by atomic mass is 35.5. The number of aliphatic carboxylic acids is 1. The van der Waals surface area contributed by atoms with Crippen LogP contribution >= 0.6 is 23.2 Å². The zero-order chi connectivity index (χ0) is 34.4. The van der Waals surface area contributed by atoms with E-state index in [0.717, 1.165) is 21.6 Å². The van der Waals surface area contributed by atoms with Gasteiger partial charge in [-0.15, -0.1) is 0 Å². The van der Waals surface area contributed by atoms with Crippen molar-refractivity contribution in [2.75, 3.05) is 18.1 Å². The van der Waals surface area contributed by atoms with E-state index in [-0.39, 0.29) is 46.1 Å². The number of aliphatic hydroxyl groups is 1. The largest absolute Gasteiger partial charge is 0.480 e. The van der Waals surface area contributed by atoms with Crippen LogP contribution in [0.2, 0.25) is 10.0 Å². The molecule has 0 saturated carbocycles. The highest BCUT2D eigenvalue weighted by Crippen LogP contribution is 2.45. The van der Waals surface area contributed by atoms with Gasteiger partial charge in [0.25, 0.3) is 15.9 Å². The standard InChI is InChI=1S/C31H29Cl2N7O7S/c1-31(12-18-4-6-19(7-5-18)20-13-34-17-35-14-20)29(45)39(23-10-21(32)9-22(33)11-23)30-36-15-26(40(30)31)48(46,47)38-8-2-3-25(38)27(42)37-24(16-41)28(43)44/h4-7,9-11,13-15,17,24-25,41H,2-3,8,12,16H2,1H3,(H,37,42)(H,43,44). The molecule has 6 rings (SSSR count). The lowest BCUT2D eigenvalue weighted by molar-refractivity contribution is -0.143. The molecule has 2 amide bonds. The summed E-state index contributed by atoms with van der Waals surface area (Å²) in [6.07, 6.45) is 6.39. The molecule has 48 heavy (non-hydrogen) atoms. The predicted molar refractivity (Wildman–Crippen MR) is 174 cm³/mol. The first kappa shape index (κ1) is 33.5. The number of carboxylic acids is 1. The topological polar surface area (TPSA) is 188 Å². The molecular weight excluding hydrogens is 685 g/mol. The number of nitrogens with zero attached hydrogens (tertiary/aromatic N) is 6. The Labute approximate surface area is 285 Å². The summed E-state index contributed by atoms with van der Waals surface area (Å²) in [6, 6.07) is 9.01. The van der Waals surface area contributed by atoms with E-state index in [9.17, 15) is 33.0 Å². The van der Waals surface area contributed by atoms with Crippen molar-refractivity contribution < 1.29 is 33.0 Å². The second-order valence-corrected chi connectivity index (χ2v) is 14.3. The zero-order valence-electron chi connectivity index (χ0n) is 25.3. The summed E-state index contributed by atoms with van der Waals surface area (Å²) in [5.41, 5.74) is 1.08. The number of carboxylic acid groups (broad SMARTS) is 1. The average molecular weight is 715 g/mol. The van der Waals surface area contributed by atoms with Gasteiger partial charge in [0, 0.05) is 41.0 Å². The number of aromatic nitrogens is 4. The van der Waals surface area contributed by atoms with Crippen LogP contribution in [0.15, 0.2) is 72.4 Å². The molecule has 3 N–H and O–H groups in total. The highest BCUT2D eigenvalue weighted by molar-refractivity contribution is 7.89. The number of hydrogen-bond donors (Lipinski definition) is 3. The van der Waals surface area contributed by atoms with Gasteiger partial charge in [0.05, 0.1) is 18.5 Å². The molecule has 0 aliphatic carbocycles. The molecular formula is C31H29Cl2N7O7S. The van der Waals surface area contributed by atoms with E-state index in [0.29, 0.717) is 12.0 Å². The molecule has 4 aromatic rings. The summed E-state index contributed by atoms with van der Waals surface area (Å²) in [7, 11) is -4.51. The summed E-state index contributed by atoms with van der Waals surface area (Å²) in [4.78, 5) is 52.8. The molecule has 17 heteroatoms. The lowest BCUT2D eigenvalue weighted by Crippen LogP contribution is -2.52. The van der Waals surface area contributed by atoms with Gasteiger partial charge in [-0.2, -0.15) is 4.31 Å². The molecule has 2 aliphatic rings. The van der Waals surface area contributed by atoms with Crippen LogP contribution in [-0.2, 0) is 36.4 Å². The number of rotatable bonds is 10. The van der Waals surface area contributed by atoms with Gasteiger partial charge in [-0.1, -0.05) is 47.5 Å². The predicted octanol–water partition coefficient (Wildman–Crippen LogP) is 3.00. The fourth-order valence-electron chi connectivity index (χ4n) is 6.14. The summed E-state index contributed by atoms with van der Waals surface area (Å²) < 4.78 is 31.1. The van der Waals surface area contributed by atoms with Crippen molar-refractivity contribution >= 4 is 62.6 Å². The molecule has 2 aromatic heterocycles. The Morgan fingerprint density at radius 1 is 1.06 bits per heavy atom. The number of imidazole rings is 1. The van der Waals surface area contributed by atoms with Gasteiger partial charge in [0.1, 0.15) is 23.9 Å². The quantitative estimate of drug-likeness (QED) is 0.220. The first-order chi connectivity index (χ1) is 22.8. The highest BCUT2D eigenvalue weighted by Gasteiger charge is 2.53. The Morgan fingerprint density at radius 3 is 2.35 bits per heavy atom. The van der Waals surface area contributed by atoms with Crippen LogP contribution < -0.4 is 10.2 Å². The van der Waals surface area contributed by atoms with Gasteiger partial charge < -0.3 is 15.5 Å². The van der Waals surface area contributed by atoms with E-state index in [1.165, 1.54) is 34.0 Å². The van der Waals surface area contributed by atoms with Crippen LogP contribution in [-0.4, -0.2) is 85.5 Å². The average Bonchev–Trinajstić information content (AvgIpc) is 3.77. The molecule has 0 spiro atoms. The molecule has 3 atom stereocenters. The number of halogens is 2. The second kappa shape index (κ2) is 12.9. The van der Waals surface area contributed by atoms with Gasteiger partial charge in [-0.25, -0.2) is 33.1 Å². The maximum atomic E-state index is 14.5. The van der Waals surface area contributed by atoms with Crippen LogP contribution in [0.5, 0.6) is 0 Å². The van der Waals surface area contributed by atoms with Crippen LogP contribution in [0.25, 0.3) is 11.1 Å². The number of amides is 2. The van der Waals surface area contributed by atoms with Gasteiger partial charge in [-0.3, -0.25) is 14.2 Å². The number of hydrogen-bond acceptors (Lipinski definition) is 9. The fraction of sp³-hybridized carbons (Fsp3) is 0.290.